The van der Waals surface area contributed by atoms with E-state index >= 15 is 0 Å². The molecular weight excluding hydrogens is 244 g/mol. The Morgan fingerprint density at radius 2 is 1.80 bits per heavy atom. The van der Waals surface area contributed by atoms with Crippen molar-refractivity contribution in [1.82, 2.24) is 0 Å². The van der Waals surface area contributed by atoms with Gasteiger partial charge in [0.1, 0.15) is 11.2 Å². The van der Waals surface area contributed by atoms with Crippen molar-refractivity contribution in [3.05, 3.63) is 47.5 Å². The fraction of sp³-hybridized carbons (Fsp3) is 0.368. The Hall–Kier alpha value is -1.76. The first-order valence-electron chi connectivity index (χ1n) is 7.75. The van der Waals surface area contributed by atoms with Crippen molar-refractivity contribution in [3.63, 3.8) is 0 Å². The maximum Gasteiger partial charge on any atom is 0.138 e. The number of para-hydroxylation sites is 1. The lowest BCUT2D eigenvalue weighted by Crippen LogP contribution is -2.04. The Morgan fingerprint density at radius 3 is 2.65 bits per heavy atom. The largest absolute Gasteiger partial charge is 0.456 e. The topological polar surface area (TPSA) is 13.1 Å². The van der Waals surface area contributed by atoms with Crippen LogP contribution in [-0.4, -0.2) is 0 Å². The highest BCUT2D eigenvalue weighted by molar-refractivity contribution is 6.06. The molecule has 0 unspecified atom stereocenters. The first kappa shape index (κ1) is 12.0. The third-order valence-corrected chi connectivity index (χ3v) is 4.73. The van der Waals surface area contributed by atoms with Gasteiger partial charge >= 0.3 is 0 Å². The summed E-state index contributed by atoms with van der Waals surface area (Å²) >= 11 is 0. The summed E-state index contributed by atoms with van der Waals surface area (Å²) in [5.74, 6) is 0.689. The lowest BCUT2D eigenvalue weighted by atomic mass is 9.83. The monoisotopic (exact) mass is 264 g/mol. The van der Waals surface area contributed by atoms with E-state index in [1.54, 1.807) is 0 Å². The molecule has 1 fully saturated rings. The van der Waals surface area contributed by atoms with Gasteiger partial charge in [-0.15, -0.1) is 0 Å². The van der Waals surface area contributed by atoms with Crippen LogP contribution in [0, 0.1) is 6.92 Å². The summed E-state index contributed by atoms with van der Waals surface area (Å²) in [6.07, 6.45) is 6.75. The summed E-state index contributed by atoms with van der Waals surface area (Å²) in [5.41, 5.74) is 4.87. The van der Waals surface area contributed by atoms with E-state index in [9.17, 15) is 0 Å². The summed E-state index contributed by atoms with van der Waals surface area (Å²) in [6, 6.07) is 13.1. The van der Waals surface area contributed by atoms with Crippen molar-refractivity contribution in [2.24, 2.45) is 0 Å². The van der Waals surface area contributed by atoms with E-state index in [0.717, 1.165) is 11.2 Å². The van der Waals surface area contributed by atoms with E-state index < -0.39 is 0 Å². The summed E-state index contributed by atoms with van der Waals surface area (Å²) in [4.78, 5) is 0. The molecule has 0 atom stereocenters. The minimum atomic E-state index is 0.689. The molecule has 102 valence electrons. The summed E-state index contributed by atoms with van der Waals surface area (Å²) in [7, 11) is 0. The predicted molar refractivity (Wildman–Crippen MR) is 84.3 cm³/mol. The van der Waals surface area contributed by atoms with Gasteiger partial charge in [0.25, 0.3) is 0 Å². The van der Waals surface area contributed by atoms with Crippen molar-refractivity contribution in [2.45, 2.75) is 44.9 Å². The van der Waals surface area contributed by atoms with E-state index in [4.69, 9.17) is 4.42 Å². The zero-order valence-electron chi connectivity index (χ0n) is 12.0. The normalized spacial score (nSPS) is 17.1. The van der Waals surface area contributed by atoms with E-state index in [1.165, 1.54) is 54.0 Å². The molecule has 0 bridgehead atoms. The van der Waals surface area contributed by atoms with Gasteiger partial charge in [-0.3, -0.25) is 0 Å². The Kier molecular flexibility index (Phi) is 2.80. The van der Waals surface area contributed by atoms with Crippen molar-refractivity contribution >= 4 is 21.9 Å². The predicted octanol–water partition coefficient (Wildman–Crippen LogP) is 5.94. The number of furan rings is 1. The fourth-order valence-electron chi connectivity index (χ4n) is 3.67. The highest BCUT2D eigenvalue weighted by Crippen LogP contribution is 2.39. The number of rotatable bonds is 1. The molecule has 1 aliphatic carbocycles. The van der Waals surface area contributed by atoms with Gasteiger partial charge in [-0.25, -0.2) is 0 Å². The number of hydrogen-bond donors (Lipinski definition) is 0. The molecule has 4 rings (SSSR count). The van der Waals surface area contributed by atoms with Crippen molar-refractivity contribution in [3.8, 4) is 0 Å². The smallest absolute Gasteiger partial charge is 0.138 e. The average Bonchev–Trinajstić information content (AvgIpc) is 2.86. The van der Waals surface area contributed by atoms with Gasteiger partial charge in [0.05, 0.1) is 0 Å². The van der Waals surface area contributed by atoms with Crippen molar-refractivity contribution in [1.29, 1.82) is 0 Å². The highest BCUT2D eigenvalue weighted by Gasteiger charge is 2.20. The molecule has 3 aromatic rings. The van der Waals surface area contributed by atoms with Crippen LogP contribution in [0.5, 0.6) is 0 Å². The van der Waals surface area contributed by atoms with Crippen LogP contribution in [0.2, 0.25) is 0 Å². The number of fused-ring (bicyclic) bond motifs is 3. The van der Waals surface area contributed by atoms with Crippen LogP contribution in [0.1, 0.15) is 49.1 Å². The standard InChI is InChI=1S/C19H20O/c1-13-10-11-18-17(12-13)16-9-5-8-15(19(16)20-18)14-6-3-2-4-7-14/h5,8-12,14H,2-4,6-7H2,1H3. The molecule has 0 aliphatic heterocycles. The van der Waals surface area contributed by atoms with Crippen LogP contribution in [-0.2, 0) is 0 Å². The zero-order chi connectivity index (χ0) is 13.5. The Morgan fingerprint density at radius 1 is 0.950 bits per heavy atom. The zero-order valence-corrected chi connectivity index (χ0v) is 12.0. The second-order valence-corrected chi connectivity index (χ2v) is 6.16. The van der Waals surface area contributed by atoms with Crippen molar-refractivity contribution < 1.29 is 4.42 Å². The van der Waals surface area contributed by atoms with E-state index in [2.05, 4.69) is 43.3 Å². The third kappa shape index (κ3) is 1.84. The molecule has 2 aromatic carbocycles. The van der Waals surface area contributed by atoms with Crippen LogP contribution in [0.15, 0.2) is 40.8 Å². The van der Waals surface area contributed by atoms with Gasteiger partial charge in [-0.05, 0) is 43.4 Å². The van der Waals surface area contributed by atoms with Crippen LogP contribution in [0.25, 0.3) is 21.9 Å². The maximum absolute atomic E-state index is 6.19. The molecule has 20 heavy (non-hydrogen) atoms. The number of benzene rings is 2. The second-order valence-electron chi connectivity index (χ2n) is 6.16. The lowest BCUT2D eigenvalue weighted by Gasteiger charge is -2.21. The van der Waals surface area contributed by atoms with Crippen LogP contribution in [0.3, 0.4) is 0 Å². The molecule has 0 spiro atoms. The average molecular weight is 264 g/mol. The molecule has 1 heteroatoms. The van der Waals surface area contributed by atoms with Crippen LogP contribution >= 0.6 is 0 Å². The van der Waals surface area contributed by atoms with Crippen LogP contribution in [0.4, 0.5) is 0 Å². The number of hydrogen-bond acceptors (Lipinski definition) is 1. The summed E-state index contributed by atoms with van der Waals surface area (Å²) in [5, 5.41) is 2.55. The first-order valence-corrected chi connectivity index (χ1v) is 7.75. The summed E-state index contributed by atoms with van der Waals surface area (Å²) in [6.45, 7) is 2.14. The van der Waals surface area contributed by atoms with Gasteiger partial charge in [0.2, 0.25) is 0 Å². The fourth-order valence-corrected chi connectivity index (χ4v) is 3.67. The molecule has 1 saturated carbocycles. The maximum atomic E-state index is 6.19. The minimum Gasteiger partial charge on any atom is -0.456 e. The molecule has 0 saturated heterocycles. The van der Waals surface area contributed by atoms with Gasteiger partial charge < -0.3 is 4.42 Å². The van der Waals surface area contributed by atoms with Crippen LogP contribution < -0.4 is 0 Å². The summed E-state index contributed by atoms with van der Waals surface area (Å²) < 4.78 is 6.19. The second kappa shape index (κ2) is 4.66. The third-order valence-electron chi connectivity index (χ3n) is 4.73. The molecule has 0 amide bonds. The molecule has 0 radical (unpaired) electrons. The molecule has 1 aromatic heterocycles. The van der Waals surface area contributed by atoms with Gasteiger partial charge in [-0.2, -0.15) is 0 Å². The minimum absolute atomic E-state index is 0.689. The molecule has 1 aliphatic rings. The SMILES string of the molecule is Cc1ccc2oc3c(C4CCCCC4)cccc3c2c1. The molecular formula is C19H20O. The van der Waals surface area contributed by atoms with Gasteiger partial charge in [0, 0.05) is 10.8 Å². The highest BCUT2D eigenvalue weighted by atomic mass is 16.3. The van der Waals surface area contributed by atoms with Gasteiger partial charge in [0.15, 0.2) is 0 Å². The molecule has 1 nitrogen and oxygen atoms in total. The Labute approximate surface area is 119 Å². The molecule has 1 heterocycles. The molecule has 0 N–H and O–H groups in total. The first-order chi connectivity index (χ1) is 9.83. The van der Waals surface area contributed by atoms with Crippen molar-refractivity contribution in [2.75, 3.05) is 0 Å². The lowest BCUT2D eigenvalue weighted by molar-refractivity contribution is 0.442. The Bertz CT molecular complexity index is 760. The quantitative estimate of drug-likeness (QED) is 0.530. The van der Waals surface area contributed by atoms with E-state index in [0.29, 0.717) is 5.92 Å². The van der Waals surface area contributed by atoms with E-state index in [1.807, 2.05) is 0 Å². The van der Waals surface area contributed by atoms with Gasteiger partial charge in [-0.1, -0.05) is 49.1 Å². The number of aryl methyl sites for hydroxylation is 1. The van der Waals surface area contributed by atoms with E-state index in [-0.39, 0.29) is 0 Å². The Balaban J connectivity index is 1.95.